The van der Waals surface area contributed by atoms with E-state index in [0.29, 0.717) is 12.2 Å². The number of hydrogen-bond acceptors (Lipinski definition) is 2. The van der Waals surface area contributed by atoms with Crippen molar-refractivity contribution in [3.05, 3.63) is 11.8 Å². The van der Waals surface area contributed by atoms with Gasteiger partial charge in [0.25, 0.3) is 0 Å². The average molecular weight is 279 g/mol. The minimum atomic E-state index is 0.376. The largest absolute Gasteiger partial charge is 0.372 e. The number of rotatable bonds is 1. The summed E-state index contributed by atoms with van der Waals surface area (Å²) in [7, 11) is 0. The van der Waals surface area contributed by atoms with Crippen LogP contribution in [0.3, 0.4) is 0 Å². The Labute approximate surface area is 125 Å². The van der Waals surface area contributed by atoms with Crippen LogP contribution in [0.4, 0.5) is 0 Å². The van der Waals surface area contributed by atoms with Crippen LogP contribution in [0.1, 0.15) is 78.1 Å². The van der Waals surface area contributed by atoms with E-state index in [2.05, 4.69) is 24.8 Å². The number of hydrogen-bond donors (Lipinski definition) is 0. The van der Waals surface area contributed by atoms with Crippen molar-refractivity contribution >= 4 is 0 Å². The molecule has 20 heavy (non-hydrogen) atoms. The Morgan fingerprint density at radius 2 is 1.40 bits per heavy atom. The average Bonchev–Trinajstić information content (AvgIpc) is 2.38. The molecule has 0 amide bonds. The topological polar surface area (TPSA) is 12.5 Å². The summed E-state index contributed by atoms with van der Waals surface area (Å²) in [5.41, 5.74) is 1.60. The van der Waals surface area contributed by atoms with Gasteiger partial charge in [0, 0.05) is 18.8 Å². The maximum Gasteiger partial charge on any atom is 0.0726 e. The Morgan fingerprint density at radius 1 is 0.850 bits per heavy atom. The van der Waals surface area contributed by atoms with Crippen LogP contribution < -0.4 is 0 Å². The number of nitrogens with zero attached hydrogens (tertiary/aromatic N) is 1. The molecule has 2 nitrogen and oxygen atoms in total. The normalized spacial score (nSPS) is 31.1. The Morgan fingerprint density at radius 3 is 2.05 bits per heavy atom. The van der Waals surface area contributed by atoms with Crippen LogP contribution in [0, 0.1) is 0 Å². The van der Waals surface area contributed by atoms with Crippen LogP contribution in [-0.2, 0) is 4.74 Å². The van der Waals surface area contributed by atoms with E-state index in [1.807, 2.05) is 0 Å². The van der Waals surface area contributed by atoms with Gasteiger partial charge in [-0.15, -0.1) is 0 Å². The molecule has 0 aromatic heterocycles. The van der Waals surface area contributed by atoms with E-state index in [9.17, 15) is 0 Å². The van der Waals surface area contributed by atoms with Gasteiger partial charge in [0.05, 0.1) is 12.2 Å². The van der Waals surface area contributed by atoms with Crippen LogP contribution in [0.2, 0.25) is 0 Å². The van der Waals surface area contributed by atoms with Crippen molar-refractivity contribution in [3.8, 4) is 0 Å². The molecule has 0 radical (unpaired) electrons. The monoisotopic (exact) mass is 279 g/mol. The van der Waals surface area contributed by atoms with Crippen LogP contribution in [0.15, 0.2) is 11.8 Å². The van der Waals surface area contributed by atoms with Crippen molar-refractivity contribution in [3.63, 3.8) is 0 Å². The van der Waals surface area contributed by atoms with Gasteiger partial charge in [0.15, 0.2) is 0 Å². The number of allylic oxidation sites excluding steroid dienone is 2. The van der Waals surface area contributed by atoms with Crippen LogP contribution in [0.5, 0.6) is 0 Å². The van der Waals surface area contributed by atoms with E-state index < -0.39 is 0 Å². The molecule has 0 N–H and O–H groups in total. The molecule has 1 aliphatic heterocycles. The van der Waals surface area contributed by atoms with E-state index in [0.717, 1.165) is 13.1 Å². The molecule has 2 atom stereocenters. The molecule has 1 aliphatic carbocycles. The first-order valence-electron chi connectivity index (χ1n) is 8.85. The fourth-order valence-corrected chi connectivity index (χ4v) is 3.58. The summed E-state index contributed by atoms with van der Waals surface area (Å²) in [6, 6.07) is 0. The summed E-state index contributed by atoms with van der Waals surface area (Å²) in [6.07, 6.45) is 17.2. The minimum absolute atomic E-state index is 0.376. The molecule has 2 rings (SSSR count). The van der Waals surface area contributed by atoms with Gasteiger partial charge < -0.3 is 9.64 Å². The van der Waals surface area contributed by atoms with Gasteiger partial charge in [-0.1, -0.05) is 44.6 Å². The molecule has 1 saturated heterocycles. The minimum Gasteiger partial charge on any atom is -0.372 e. The van der Waals surface area contributed by atoms with Crippen molar-refractivity contribution in [2.75, 3.05) is 13.1 Å². The SMILES string of the molecule is C[C@@H]1CN(C2=CCCCCCCCCCC2)C[C@@H](C)O1. The molecule has 0 bridgehead atoms. The maximum atomic E-state index is 5.88. The first-order chi connectivity index (χ1) is 9.75. The summed E-state index contributed by atoms with van der Waals surface area (Å²) >= 11 is 0. The third-order valence-corrected chi connectivity index (χ3v) is 4.59. The molecule has 0 unspecified atom stereocenters. The zero-order valence-electron chi connectivity index (χ0n) is 13.6. The van der Waals surface area contributed by atoms with Gasteiger partial charge in [-0.05, 0) is 39.5 Å². The molecule has 1 heterocycles. The number of ether oxygens (including phenoxy) is 1. The molecule has 2 aliphatic rings. The Hall–Kier alpha value is -0.500. The summed E-state index contributed by atoms with van der Waals surface area (Å²) in [6.45, 7) is 6.57. The Kier molecular flexibility index (Phi) is 6.92. The second-order valence-corrected chi connectivity index (χ2v) is 6.72. The molecule has 1 fully saturated rings. The number of morpholine rings is 1. The van der Waals surface area contributed by atoms with Gasteiger partial charge in [-0.25, -0.2) is 0 Å². The Bertz CT molecular complexity index is 290. The second kappa shape index (κ2) is 8.71. The molecule has 116 valence electrons. The van der Waals surface area contributed by atoms with Crippen molar-refractivity contribution in [1.29, 1.82) is 0 Å². The van der Waals surface area contributed by atoms with Crippen molar-refractivity contribution in [1.82, 2.24) is 4.90 Å². The van der Waals surface area contributed by atoms with Crippen molar-refractivity contribution in [2.24, 2.45) is 0 Å². The molecule has 0 aromatic rings. The molecule has 0 aromatic carbocycles. The summed E-state index contributed by atoms with van der Waals surface area (Å²) in [5.74, 6) is 0. The fourth-order valence-electron chi connectivity index (χ4n) is 3.58. The lowest BCUT2D eigenvalue weighted by molar-refractivity contribution is -0.0588. The zero-order chi connectivity index (χ0) is 14.2. The highest BCUT2D eigenvalue weighted by Crippen LogP contribution is 2.22. The molecule has 0 saturated carbocycles. The van der Waals surface area contributed by atoms with Crippen LogP contribution in [-0.4, -0.2) is 30.2 Å². The predicted molar refractivity (Wildman–Crippen MR) is 85.8 cm³/mol. The molecular weight excluding hydrogens is 246 g/mol. The predicted octanol–water partition coefficient (Wildman–Crippen LogP) is 4.89. The van der Waals surface area contributed by atoms with Gasteiger partial charge in [0.2, 0.25) is 0 Å². The Balaban J connectivity index is 1.93. The highest BCUT2D eigenvalue weighted by Gasteiger charge is 2.23. The first-order valence-corrected chi connectivity index (χ1v) is 8.85. The van der Waals surface area contributed by atoms with E-state index in [4.69, 9.17) is 4.74 Å². The van der Waals surface area contributed by atoms with E-state index in [-0.39, 0.29) is 0 Å². The lowest BCUT2D eigenvalue weighted by Gasteiger charge is -2.38. The maximum absolute atomic E-state index is 5.88. The smallest absolute Gasteiger partial charge is 0.0726 e. The summed E-state index contributed by atoms with van der Waals surface area (Å²) < 4.78 is 5.88. The standard InChI is InChI=1S/C18H33NO/c1-16-14-19(15-17(2)20-16)18-12-10-8-6-4-3-5-7-9-11-13-18/h12,16-17H,3-11,13-15H2,1-2H3/t16-,17-/m1/s1. The van der Waals surface area contributed by atoms with Gasteiger partial charge >= 0.3 is 0 Å². The molecular formula is C18H33NO. The van der Waals surface area contributed by atoms with Crippen LogP contribution >= 0.6 is 0 Å². The highest BCUT2D eigenvalue weighted by molar-refractivity contribution is 5.03. The van der Waals surface area contributed by atoms with Gasteiger partial charge in [-0.3, -0.25) is 0 Å². The third-order valence-electron chi connectivity index (χ3n) is 4.59. The van der Waals surface area contributed by atoms with Gasteiger partial charge in [-0.2, -0.15) is 0 Å². The van der Waals surface area contributed by atoms with Crippen molar-refractivity contribution in [2.45, 2.75) is 90.3 Å². The lowest BCUT2D eigenvalue weighted by atomic mass is 10.0. The van der Waals surface area contributed by atoms with E-state index in [1.54, 1.807) is 5.70 Å². The summed E-state index contributed by atoms with van der Waals surface area (Å²) in [4.78, 5) is 2.60. The highest BCUT2D eigenvalue weighted by atomic mass is 16.5. The first kappa shape index (κ1) is 15.9. The van der Waals surface area contributed by atoms with Crippen molar-refractivity contribution < 1.29 is 4.74 Å². The van der Waals surface area contributed by atoms with Gasteiger partial charge in [0.1, 0.15) is 0 Å². The van der Waals surface area contributed by atoms with E-state index >= 15 is 0 Å². The summed E-state index contributed by atoms with van der Waals surface area (Å²) in [5, 5.41) is 0. The molecule has 2 heteroatoms. The zero-order valence-corrected chi connectivity index (χ0v) is 13.6. The third kappa shape index (κ3) is 5.47. The van der Waals surface area contributed by atoms with E-state index in [1.165, 1.54) is 64.2 Å². The lowest BCUT2D eigenvalue weighted by Crippen LogP contribution is -2.44. The van der Waals surface area contributed by atoms with Crippen LogP contribution in [0.25, 0.3) is 0 Å². The second-order valence-electron chi connectivity index (χ2n) is 6.72. The quantitative estimate of drug-likeness (QED) is 0.677. The molecule has 0 spiro atoms. The fraction of sp³-hybridized carbons (Fsp3) is 0.889.